The third kappa shape index (κ3) is 2.08. The monoisotopic (exact) mass is 225 g/mol. The van der Waals surface area contributed by atoms with E-state index >= 15 is 0 Å². The number of benzene rings is 1. The van der Waals surface area contributed by atoms with Crippen LogP contribution in [0.1, 0.15) is 0 Å². The molecule has 0 amide bonds. The maximum atomic E-state index is 11.1. The summed E-state index contributed by atoms with van der Waals surface area (Å²) in [5, 5.41) is 10.7. The predicted molar refractivity (Wildman–Crippen MR) is 57.9 cm³/mol. The smallest absolute Gasteiger partial charge is 0.375 e. The number of hydrogen-bond donors (Lipinski definition) is 2. The van der Waals surface area contributed by atoms with Gasteiger partial charge in [0.25, 0.3) is 0 Å². The van der Waals surface area contributed by atoms with Gasteiger partial charge in [-0.1, -0.05) is 30.0 Å². The van der Waals surface area contributed by atoms with Crippen molar-refractivity contribution in [2.75, 3.05) is 12.3 Å². The quantitative estimate of drug-likeness (QED) is 0.808. The van der Waals surface area contributed by atoms with E-state index in [0.717, 1.165) is 5.75 Å². The molecule has 1 fully saturated rings. The predicted octanol–water partition coefficient (Wildman–Crippen LogP) is 1.14. The fourth-order valence-electron chi connectivity index (χ4n) is 1.36. The fourth-order valence-corrected chi connectivity index (χ4v) is 2.34. The lowest BCUT2D eigenvalue weighted by atomic mass is 10.3. The normalized spacial score (nSPS) is 25.1. The first-order chi connectivity index (χ1) is 7.23. The molecular formula is C10H11NO3S. The van der Waals surface area contributed by atoms with Crippen LogP contribution in [0.25, 0.3) is 0 Å². The van der Waals surface area contributed by atoms with Crippen LogP contribution >= 0.6 is 11.8 Å². The second-order valence-corrected chi connectivity index (χ2v) is 4.38. The number of thioether (sulfide) groups is 1. The van der Waals surface area contributed by atoms with Gasteiger partial charge in [-0.05, 0) is 12.1 Å². The van der Waals surface area contributed by atoms with E-state index in [9.17, 15) is 4.79 Å². The van der Waals surface area contributed by atoms with Crippen LogP contribution in [0.5, 0.6) is 5.75 Å². The van der Waals surface area contributed by atoms with Crippen molar-refractivity contribution in [2.24, 2.45) is 0 Å². The molecule has 1 aromatic rings. The summed E-state index contributed by atoms with van der Waals surface area (Å²) in [6.07, 6.45) is 0. The highest BCUT2D eigenvalue weighted by Gasteiger charge is 2.45. The Hall–Kier alpha value is -1.20. The zero-order chi connectivity index (χ0) is 10.7. The molecule has 0 bridgehead atoms. The molecular weight excluding hydrogens is 214 g/mol. The van der Waals surface area contributed by atoms with Crippen molar-refractivity contribution in [1.29, 1.82) is 0 Å². The average molecular weight is 225 g/mol. The molecule has 80 valence electrons. The van der Waals surface area contributed by atoms with Crippen molar-refractivity contribution in [1.82, 2.24) is 5.32 Å². The number of aliphatic carboxylic acids is 1. The van der Waals surface area contributed by atoms with E-state index in [4.69, 9.17) is 9.84 Å². The summed E-state index contributed by atoms with van der Waals surface area (Å²) in [4.78, 5) is 11.1. The molecule has 0 aromatic heterocycles. The maximum absolute atomic E-state index is 11.1. The highest BCUT2D eigenvalue weighted by Crippen LogP contribution is 2.30. The van der Waals surface area contributed by atoms with Crippen molar-refractivity contribution in [3.05, 3.63) is 30.3 Å². The molecule has 2 N–H and O–H groups in total. The van der Waals surface area contributed by atoms with Crippen LogP contribution in [0.4, 0.5) is 0 Å². The molecule has 2 rings (SSSR count). The van der Waals surface area contributed by atoms with Crippen LogP contribution in [0.15, 0.2) is 30.3 Å². The number of carboxylic acids is 1. The Balaban J connectivity index is 2.18. The van der Waals surface area contributed by atoms with Crippen molar-refractivity contribution in [3.63, 3.8) is 0 Å². The topological polar surface area (TPSA) is 58.6 Å². The molecule has 0 aliphatic carbocycles. The summed E-state index contributed by atoms with van der Waals surface area (Å²) in [5.74, 6) is 0.301. The van der Waals surface area contributed by atoms with Gasteiger partial charge in [0.15, 0.2) is 0 Å². The zero-order valence-corrected chi connectivity index (χ0v) is 8.79. The molecule has 1 aromatic carbocycles. The van der Waals surface area contributed by atoms with E-state index in [1.54, 1.807) is 12.1 Å². The van der Waals surface area contributed by atoms with Crippen LogP contribution in [0, 0.1) is 0 Å². The SMILES string of the molecule is O=C(O)C1(Oc2ccccc2)NCCS1. The van der Waals surface area contributed by atoms with Crippen molar-refractivity contribution >= 4 is 17.7 Å². The lowest BCUT2D eigenvalue weighted by Crippen LogP contribution is -2.50. The van der Waals surface area contributed by atoms with Crippen LogP contribution < -0.4 is 10.1 Å². The van der Waals surface area contributed by atoms with Gasteiger partial charge in [-0.25, -0.2) is 4.79 Å². The Morgan fingerprint density at radius 3 is 2.73 bits per heavy atom. The summed E-state index contributed by atoms with van der Waals surface area (Å²) in [7, 11) is 0. The third-order valence-electron chi connectivity index (χ3n) is 2.05. The molecule has 15 heavy (non-hydrogen) atoms. The van der Waals surface area contributed by atoms with Crippen LogP contribution in [-0.4, -0.2) is 28.4 Å². The Morgan fingerprint density at radius 2 is 2.20 bits per heavy atom. The molecule has 5 heteroatoms. The van der Waals surface area contributed by atoms with Gasteiger partial charge in [0.05, 0.1) is 0 Å². The second kappa shape index (κ2) is 4.12. The van der Waals surface area contributed by atoms with E-state index in [1.165, 1.54) is 11.8 Å². The standard InChI is InChI=1S/C10H11NO3S/c12-9(13)10(11-6-7-15-10)14-8-4-2-1-3-5-8/h1-5,11H,6-7H2,(H,12,13). The Kier molecular flexibility index (Phi) is 2.83. The second-order valence-electron chi connectivity index (χ2n) is 3.11. The molecule has 0 radical (unpaired) electrons. The Morgan fingerprint density at radius 1 is 1.47 bits per heavy atom. The van der Waals surface area contributed by atoms with E-state index in [-0.39, 0.29) is 0 Å². The summed E-state index contributed by atoms with van der Waals surface area (Å²) >= 11 is 1.26. The summed E-state index contributed by atoms with van der Waals surface area (Å²) in [6.45, 7) is 0.643. The highest BCUT2D eigenvalue weighted by molar-refractivity contribution is 8.01. The van der Waals surface area contributed by atoms with Crippen LogP contribution in [0.2, 0.25) is 0 Å². The molecule has 4 nitrogen and oxygen atoms in total. The first-order valence-electron chi connectivity index (χ1n) is 4.59. The zero-order valence-electron chi connectivity index (χ0n) is 7.97. The number of rotatable bonds is 3. The van der Waals surface area contributed by atoms with Gasteiger partial charge in [0, 0.05) is 12.3 Å². The van der Waals surface area contributed by atoms with Crippen LogP contribution in [0.3, 0.4) is 0 Å². The lowest BCUT2D eigenvalue weighted by Gasteiger charge is -2.24. The molecule has 0 spiro atoms. The molecule has 1 aliphatic rings. The Labute approximate surface area is 91.6 Å². The van der Waals surface area contributed by atoms with Gasteiger partial charge in [-0.2, -0.15) is 0 Å². The van der Waals surface area contributed by atoms with Crippen LogP contribution in [-0.2, 0) is 4.79 Å². The number of para-hydroxylation sites is 1. The van der Waals surface area contributed by atoms with Gasteiger partial charge < -0.3 is 9.84 Å². The number of nitrogens with one attached hydrogen (secondary N) is 1. The van der Waals surface area contributed by atoms with E-state index in [0.29, 0.717) is 12.3 Å². The molecule has 0 saturated carbocycles. The fraction of sp³-hybridized carbons (Fsp3) is 0.300. The minimum Gasteiger partial charge on any atom is -0.477 e. The van der Waals surface area contributed by atoms with Crippen molar-refractivity contribution < 1.29 is 14.6 Å². The molecule has 1 saturated heterocycles. The lowest BCUT2D eigenvalue weighted by molar-refractivity contribution is -0.149. The first-order valence-corrected chi connectivity index (χ1v) is 5.58. The number of carboxylic acid groups (broad SMARTS) is 1. The summed E-state index contributed by atoms with van der Waals surface area (Å²) in [6, 6.07) is 8.96. The molecule has 1 atom stereocenters. The third-order valence-corrected chi connectivity index (χ3v) is 3.27. The van der Waals surface area contributed by atoms with E-state index in [2.05, 4.69) is 5.32 Å². The highest BCUT2D eigenvalue weighted by atomic mass is 32.2. The van der Waals surface area contributed by atoms with Gasteiger partial charge >= 0.3 is 11.0 Å². The number of ether oxygens (including phenoxy) is 1. The first kappa shape index (κ1) is 10.3. The number of hydrogen-bond acceptors (Lipinski definition) is 4. The minimum absolute atomic E-state index is 0.557. The van der Waals surface area contributed by atoms with E-state index < -0.39 is 11.0 Å². The number of carbonyl (C=O) groups is 1. The minimum atomic E-state index is -1.32. The van der Waals surface area contributed by atoms with Crippen molar-refractivity contribution in [3.8, 4) is 5.75 Å². The largest absolute Gasteiger partial charge is 0.477 e. The van der Waals surface area contributed by atoms with E-state index in [1.807, 2.05) is 18.2 Å². The van der Waals surface area contributed by atoms with Gasteiger partial charge in [0.1, 0.15) is 5.75 Å². The van der Waals surface area contributed by atoms with Gasteiger partial charge in [0.2, 0.25) is 0 Å². The molecule has 1 heterocycles. The van der Waals surface area contributed by atoms with Crippen molar-refractivity contribution in [2.45, 2.75) is 5.06 Å². The van der Waals surface area contributed by atoms with Gasteiger partial charge in [-0.3, -0.25) is 5.32 Å². The Bertz CT molecular complexity index is 349. The molecule has 1 aliphatic heterocycles. The van der Waals surface area contributed by atoms with Gasteiger partial charge in [-0.15, -0.1) is 0 Å². The summed E-state index contributed by atoms with van der Waals surface area (Å²) < 4.78 is 5.48. The molecule has 1 unspecified atom stereocenters. The summed E-state index contributed by atoms with van der Waals surface area (Å²) in [5.41, 5.74) is 0. The maximum Gasteiger partial charge on any atom is 0.375 e. The average Bonchev–Trinajstić information content (AvgIpc) is 2.69.